The van der Waals surface area contributed by atoms with Gasteiger partial charge in [0.1, 0.15) is 17.6 Å². The van der Waals surface area contributed by atoms with Crippen molar-refractivity contribution in [3.8, 4) is 0 Å². The van der Waals surface area contributed by atoms with Crippen molar-refractivity contribution in [2.75, 3.05) is 12.3 Å². The molecule has 2 aromatic carbocycles. The highest BCUT2D eigenvalue weighted by atomic mass is 35.5. The molecule has 0 amide bonds. The predicted molar refractivity (Wildman–Crippen MR) is 122 cm³/mol. The normalized spacial score (nSPS) is 22.8. The first-order valence-electron chi connectivity index (χ1n) is 10.4. The Bertz CT molecular complexity index is 1090. The molecule has 1 aliphatic heterocycles. The maximum Gasteiger partial charge on any atom is 0.351 e. The Labute approximate surface area is 191 Å². The van der Waals surface area contributed by atoms with Crippen LogP contribution in [0.25, 0.3) is 0 Å². The standard InChI is InChI=1S/C24H26ClN3O4/c1-24(16-30-14-17-8-4-2-5-9-17)20(31-15-18-10-6-3-7-11-18)12-21(32-24)28-13-19(25)22(26)27-23(28)29/h2-11,13,20-21H,12,14-16H2,1H3,(H2,26,27,29)/t20-,21+,24+/m0/s1. The third kappa shape index (κ3) is 5.19. The molecule has 32 heavy (non-hydrogen) atoms. The van der Waals surface area contributed by atoms with E-state index in [0.29, 0.717) is 26.2 Å². The molecular weight excluding hydrogens is 430 g/mol. The number of hydrogen-bond acceptors (Lipinski definition) is 6. The van der Waals surface area contributed by atoms with Crippen molar-refractivity contribution in [1.82, 2.24) is 9.55 Å². The fourth-order valence-electron chi connectivity index (χ4n) is 3.79. The molecule has 0 spiro atoms. The van der Waals surface area contributed by atoms with Crippen LogP contribution in [0.5, 0.6) is 0 Å². The average Bonchev–Trinajstić information content (AvgIpc) is 3.12. The van der Waals surface area contributed by atoms with Crippen molar-refractivity contribution < 1.29 is 14.2 Å². The van der Waals surface area contributed by atoms with Crippen molar-refractivity contribution in [2.24, 2.45) is 0 Å². The minimum atomic E-state index is -0.776. The second-order valence-electron chi connectivity index (χ2n) is 8.05. The fraction of sp³-hybridized carbons (Fsp3) is 0.333. The van der Waals surface area contributed by atoms with Crippen LogP contribution in [-0.4, -0.2) is 27.9 Å². The summed E-state index contributed by atoms with van der Waals surface area (Å²) in [7, 11) is 0. The van der Waals surface area contributed by atoms with Gasteiger partial charge in [0.15, 0.2) is 0 Å². The minimum absolute atomic E-state index is 0.00301. The molecule has 0 aliphatic carbocycles. The Hall–Kier alpha value is -2.71. The second kappa shape index (κ2) is 9.83. The average molecular weight is 456 g/mol. The molecule has 0 saturated carbocycles. The highest BCUT2D eigenvalue weighted by Crippen LogP contribution is 2.39. The maximum absolute atomic E-state index is 12.4. The van der Waals surface area contributed by atoms with Gasteiger partial charge in [0, 0.05) is 12.6 Å². The summed E-state index contributed by atoms with van der Waals surface area (Å²) in [6.45, 7) is 3.10. The largest absolute Gasteiger partial charge is 0.382 e. The number of halogens is 1. The van der Waals surface area contributed by atoms with Crippen LogP contribution >= 0.6 is 11.6 Å². The molecule has 1 aliphatic rings. The SMILES string of the molecule is C[C@]1(COCc2ccccc2)O[C@@H](n2cc(Cl)c(N)nc2=O)C[C@@H]1OCc1ccccc1. The number of ether oxygens (including phenoxy) is 3. The molecule has 7 nitrogen and oxygen atoms in total. The summed E-state index contributed by atoms with van der Waals surface area (Å²) in [5.41, 5.74) is 6.48. The Morgan fingerprint density at radius 2 is 1.75 bits per heavy atom. The van der Waals surface area contributed by atoms with E-state index in [9.17, 15) is 4.79 Å². The fourth-order valence-corrected chi connectivity index (χ4v) is 3.94. The number of rotatable bonds is 8. The van der Waals surface area contributed by atoms with Gasteiger partial charge in [0.25, 0.3) is 0 Å². The van der Waals surface area contributed by atoms with E-state index in [1.165, 1.54) is 10.8 Å². The molecule has 168 valence electrons. The Kier molecular flexibility index (Phi) is 6.91. The van der Waals surface area contributed by atoms with Gasteiger partial charge in [-0.25, -0.2) is 4.79 Å². The van der Waals surface area contributed by atoms with Gasteiger partial charge in [0.05, 0.1) is 30.9 Å². The molecule has 1 saturated heterocycles. The van der Waals surface area contributed by atoms with Crippen LogP contribution in [0.15, 0.2) is 71.7 Å². The molecule has 1 fully saturated rings. The first kappa shape index (κ1) is 22.5. The lowest BCUT2D eigenvalue weighted by Crippen LogP contribution is -2.42. The number of anilines is 1. The topological polar surface area (TPSA) is 88.6 Å². The Balaban J connectivity index is 1.51. The lowest BCUT2D eigenvalue weighted by molar-refractivity contribution is -0.146. The van der Waals surface area contributed by atoms with Gasteiger partial charge in [0.2, 0.25) is 0 Å². The summed E-state index contributed by atoms with van der Waals surface area (Å²) < 4.78 is 19.9. The van der Waals surface area contributed by atoms with Crippen LogP contribution in [0.1, 0.15) is 30.7 Å². The molecule has 0 unspecified atom stereocenters. The number of benzene rings is 2. The van der Waals surface area contributed by atoms with Crippen LogP contribution < -0.4 is 11.4 Å². The maximum atomic E-state index is 12.4. The van der Waals surface area contributed by atoms with E-state index in [-0.39, 0.29) is 16.9 Å². The lowest BCUT2D eigenvalue weighted by Gasteiger charge is -2.30. The molecular formula is C24H26ClN3O4. The molecule has 3 atom stereocenters. The zero-order valence-corrected chi connectivity index (χ0v) is 18.6. The number of hydrogen-bond donors (Lipinski definition) is 1. The van der Waals surface area contributed by atoms with E-state index in [4.69, 9.17) is 31.5 Å². The van der Waals surface area contributed by atoms with Gasteiger partial charge in [-0.3, -0.25) is 4.57 Å². The van der Waals surface area contributed by atoms with Crippen molar-refractivity contribution >= 4 is 17.4 Å². The number of nitrogens with two attached hydrogens (primary N) is 1. The summed E-state index contributed by atoms with van der Waals surface area (Å²) in [5, 5.41) is 0.198. The van der Waals surface area contributed by atoms with Crippen molar-refractivity contribution in [3.05, 3.63) is 93.5 Å². The van der Waals surface area contributed by atoms with Gasteiger partial charge in [-0.05, 0) is 18.1 Å². The Morgan fingerprint density at radius 3 is 2.41 bits per heavy atom. The quantitative estimate of drug-likeness (QED) is 0.553. The summed E-state index contributed by atoms with van der Waals surface area (Å²) in [5.74, 6) is -0.00301. The van der Waals surface area contributed by atoms with Crippen molar-refractivity contribution in [2.45, 2.75) is 44.5 Å². The molecule has 2 N–H and O–H groups in total. The predicted octanol–water partition coefficient (Wildman–Crippen LogP) is 3.96. The van der Waals surface area contributed by atoms with Crippen LogP contribution in [0.4, 0.5) is 5.82 Å². The summed E-state index contributed by atoms with van der Waals surface area (Å²) >= 11 is 6.11. The zero-order chi connectivity index (χ0) is 22.6. The van der Waals surface area contributed by atoms with Crippen LogP contribution in [0, 0.1) is 0 Å². The van der Waals surface area contributed by atoms with Gasteiger partial charge in [-0.1, -0.05) is 72.3 Å². The number of aromatic nitrogens is 2. The Morgan fingerprint density at radius 1 is 1.12 bits per heavy atom. The molecule has 4 rings (SSSR count). The van der Waals surface area contributed by atoms with Gasteiger partial charge < -0.3 is 19.9 Å². The molecule has 0 radical (unpaired) electrons. The van der Waals surface area contributed by atoms with E-state index in [0.717, 1.165) is 11.1 Å². The molecule has 1 aromatic heterocycles. The first-order valence-corrected chi connectivity index (χ1v) is 10.8. The third-order valence-electron chi connectivity index (χ3n) is 5.54. The monoisotopic (exact) mass is 455 g/mol. The molecule has 0 bridgehead atoms. The van der Waals surface area contributed by atoms with E-state index in [1.54, 1.807) is 0 Å². The first-order chi connectivity index (χ1) is 15.4. The van der Waals surface area contributed by atoms with E-state index >= 15 is 0 Å². The second-order valence-corrected chi connectivity index (χ2v) is 8.46. The minimum Gasteiger partial charge on any atom is -0.382 e. The number of nitrogen functional groups attached to an aromatic ring is 1. The van der Waals surface area contributed by atoms with E-state index < -0.39 is 17.5 Å². The van der Waals surface area contributed by atoms with Crippen molar-refractivity contribution in [1.29, 1.82) is 0 Å². The van der Waals surface area contributed by atoms with Crippen LogP contribution in [0.3, 0.4) is 0 Å². The molecule has 2 heterocycles. The third-order valence-corrected chi connectivity index (χ3v) is 5.83. The summed E-state index contributed by atoms with van der Waals surface area (Å²) in [6.07, 6.45) is 0.993. The van der Waals surface area contributed by atoms with Crippen LogP contribution in [-0.2, 0) is 27.4 Å². The van der Waals surface area contributed by atoms with Gasteiger partial charge in [-0.2, -0.15) is 4.98 Å². The lowest BCUT2D eigenvalue weighted by atomic mass is 10.00. The zero-order valence-electron chi connectivity index (χ0n) is 17.8. The smallest absolute Gasteiger partial charge is 0.351 e. The highest BCUT2D eigenvalue weighted by Gasteiger charge is 2.47. The number of nitrogens with zero attached hydrogens (tertiary/aromatic N) is 2. The van der Waals surface area contributed by atoms with Crippen molar-refractivity contribution in [3.63, 3.8) is 0 Å². The van der Waals surface area contributed by atoms with Crippen LogP contribution in [0.2, 0.25) is 5.02 Å². The highest BCUT2D eigenvalue weighted by molar-refractivity contribution is 6.32. The van der Waals surface area contributed by atoms with Gasteiger partial charge >= 0.3 is 5.69 Å². The van der Waals surface area contributed by atoms with E-state index in [1.807, 2.05) is 67.6 Å². The summed E-state index contributed by atoms with van der Waals surface area (Å²) in [4.78, 5) is 16.2. The van der Waals surface area contributed by atoms with Gasteiger partial charge in [-0.15, -0.1) is 0 Å². The van der Waals surface area contributed by atoms with E-state index in [2.05, 4.69) is 4.98 Å². The molecule has 8 heteroatoms. The molecule has 3 aromatic rings. The summed E-state index contributed by atoms with van der Waals surface area (Å²) in [6, 6.07) is 19.8.